The zero-order chi connectivity index (χ0) is 25.1. The quantitative estimate of drug-likeness (QED) is 0.521. The van der Waals surface area contributed by atoms with Crippen molar-refractivity contribution in [3.8, 4) is 11.5 Å². The zero-order valence-electron chi connectivity index (χ0n) is 19.4. The molecule has 10 nitrogen and oxygen atoms in total. The van der Waals surface area contributed by atoms with Crippen LogP contribution in [-0.4, -0.2) is 72.2 Å². The largest absolute Gasteiger partial charge is 0.492 e. The number of hydrogen-bond acceptors (Lipinski definition) is 7. The topological polar surface area (TPSA) is 122 Å². The zero-order valence-corrected chi connectivity index (χ0v) is 21.1. The number of rotatable bonds is 8. The number of piperidine rings is 1. The fourth-order valence-corrected chi connectivity index (χ4v) is 6.50. The van der Waals surface area contributed by atoms with Gasteiger partial charge in [-0.15, -0.1) is 0 Å². The standard InChI is InChI=1S/C23H29N3O7S2/c1-34(28,29)26-17-22(33-21-8-4-3-7-20(21)26)23(27)24-13-16-32-18-9-11-19(12-10-18)35(30,31)25-14-5-2-6-15-25/h3-4,7-12,22H,2,5-6,13-17H2,1H3,(H,24,27)/t22-/m1/s1. The molecule has 0 spiro atoms. The molecule has 0 aromatic heterocycles. The average Bonchev–Trinajstić information content (AvgIpc) is 2.86. The fourth-order valence-electron chi connectivity index (χ4n) is 4.07. The molecule has 0 radical (unpaired) electrons. The lowest BCUT2D eigenvalue weighted by Gasteiger charge is -2.33. The SMILES string of the molecule is CS(=O)(=O)N1C[C@H](C(=O)NCCOc2ccc(S(=O)(=O)N3CCCCC3)cc2)Oc2ccccc21. The first-order valence-electron chi connectivity index (χ1n) is 11.4. The number of carbonyl (C=O) groups excluding carboxylic acids is 1. The molecule has 0 unspecified atom stereocenters. The van der Waals surface area contributed by atoms with E-state index in [0.717, 1.165) is 29.8 Å². The summed E-state index contributed by atoms with van der Waals surface area (Å²) in [6, 6.07) is 12.9. The van der Waals surface area contributed by atoms with Crippen LogP contribution in [0.3, 0.4) is 0 Å². The number of nitrogens with one attached hydrogen (secondary N) is 1. The molecule has 2 aromatic rings. The number of amides is 1. The Balaban J connectivity index is 1.29. The lowest BCUT2D eigenvalue weighted by Crippen LogP contribution is -2.51. The predicted octanol–water partition coefficient (Wildman–Crippen LogP) is 1.58. The number of sulfonamides is 2. The normalized spacial score (nSPS) is 18.9. The Morgan fingerprint density at radius 1 is 1.03 bits per heavy atom. The minimum absolute atomic E-state index is 0.129. The summed E-state index contributed by atoms with van der Waals surface area (Å²) >= 11 is 0. The molecule has 4 rings (SSSR count). The van der Waals surface area contributed by atoms with Gasteiger partial charge in [0.15, 0.2) is 6.10 Å². The first-order chi connectivity index (χ1) is 16.7. The van der Waals surface area contributed by atoms with Crippen LogP contribution in [-0.2, 0) is 24.8 Å². The minimum Gasteiger partial charge on any atom is -0.492 e. The van der Waals surface area contributed by atoms with Crippen molar-refractivity contribution in [2.24, 2.45) is 0 Å². The summed E-state index contributed by atoms with van der Waals surface area (Å²) in [4.78, 5) is 12.8. The monoisotopic (exact) mass is 523 g/mol. The molecule has 1 saturated heterocycles. The van der Waals surface area contributed by atoms with Crippen LogP contribution in [0.5, 0.6) is 11.5 Å². The highest BCUT2D eigenvalue weighted by Crippen LogP contribution is 2.34. The minimum atomic E-state index is -3.59. The molecule has 0 aliphatic carbocycles. The molecule has 2 heterocycles. The number of hydrogen-bond donors (Lipinski definition) is 1. The predicted molar refractivity (Wildman–Crippen MR) is 131 cm³/mol. The van der Waals surface area contributed by atoms with E-state index in [0.29, 0.717) is 30.3 Å². The van der Waals surface area contributed by atoms with Crippen LogP contribution in [0, 0.1) is 0 Å². The molecule has 2 aliphatic rings. The lowest BCUT2D eigenvalue weighted by molar-refractivity contribution is -0.127. The average molecular weight is 524 g/mol. The number of ether oxygens (including phenoxy) is 2. The Morgan fingerprint density at radius 3 is 2.40 bits per heavy atom. The summed E-state index contributed by atoms with van der Waals surface area (Å²) in [6.45, 7) is 1.25. The Hall–Kier alpha value is -2.83. The molecule has 1 atom stereocenters. The summed E-state index contributed by atoms with van der Waals surface area (Å²) in [5.74, 6) is 0.336. The number of benzene rings is 2. The van der Waals surface area contributed by atoms with Gasteiger partial charge in [0.25, 0.3) is 5.91 Å². The lowest BCUT2D eigenvalue weighted by atomic mass is 10.2. The fraction of sp³-hybridized carbons (Fsp3) is 0.435. The van der Waals surface area contributed by atoms with Gasteiger partial charge in [-0.05, 0) is 49.2 Å². The summed E-state index contributed by atoms with van der Waals surface area (Å²) in [6.07, 6.45) is 2.87. The number of nitrogens with zero attached hydrogens (tertiary/aromatic N) is 2. The highest BCUT2D eigenvalue weighted by Gasteiger charge is 2.34. The summed E-state index contributed by atoms with van der Waals surface area (Å²) in [7, 11) is -7.09. The Morgan fingerprint density at radius 2 is 1.71 bits per heavy atom. The molecule has 1 N–H and O–H groups in total. The third-order valence-electron chi connectivity index (χ3n) is 5.87. The van der Waals surface area contributed by atoms with Crippen molar-refractivity contribution in [3.05, 3.63) is 48.5 Å². The van der Waals surface area contributed by atoms with Crippen LogP contribution in [0.25, 0.3) is 0 Å². The van der Waals surface area contributed by atoms with Gasteiger partial charge < -0.3 is 14.8 Å². The molecule has 190 valence electrons. The van der Waals surface area contributed by atoms with E-state index in [1.54, 1.807) is 36.4 Å². The van der Waals surface area contributed by atoms with Crippen molar-refractivity contribution in [1.29, 1.82) is 0 Å². The van der Waals surface area contributed by atoms with Gasteiger partial charge in [-0.2, -0.15) is 4.31 Å². The molecular weight excluding hydrogens is 494 g/mol. The van der Waals surface area contributed by atoms with Crippen LogP contribution in [0.1, 0.15) is 19.3 Å². The van der Waals surface area contributed by atoms with Crippen molar-refractivity contribution in [3.63, 3.8) is 0 Å². The summed E-state index contributed by atoms with van der Waals surface area (Å²) in [5, 5.41) is 2.69. The second-order valence-corrected chi connectivity index (χ2v) is 12.3. The highest BCUT2D eigenvalue weighted by atomic mass is 32.2. The molecule has 2 aliphatic heterocycles. The van der Waals surface area contributed by atoms with Gasteiger partial charge >= 0.3 is 0 Å². The van der Waals surface area contributed by atoms with Gasteiger partial charge in [-0.25, -0.2) is 16.8 Å². The van der Waals surface area contributed by atoms with Crippen molar-refractivity contribution >= 4 is 31.6 Å². The molecule has 1 amide bonds. The van der Waals surface area contributed by atoms with Gasteiger partial charge in [0.1, 0.15) is 18.1 Å². The van der Waals surface area contributed by atoms with Gasteiger partial charge in [0.05, 0.1) is 29.9 Å². The van der Waals surface area contributed by atoms with Crippen LogP contribution < -0.4 is 19.1 Å². The molecule has 12 heteroatoms. The number of fused-ring (bicyclic) bond motifs is 1. The van der Waals surface area contributed by atoms with E-state index in [1.807, 2.05) is 0 Å². The number of anilines is 1. The molecule has 2 aromatic carbocycles. The van der Waals surface area contributed by atoms with Gasteiger partial charge in [0.2, 0.25) is 20.0 Å². The van der Waals surface area contributed by atoms with E-state index in [9.17, 15) is 21.6 Å². The third-order valence-corrected chi connectivity index (χ3v) is 8.93. The van der Waals surface area contributed by atoms with Gasteiger partial charge in [-0.3, -0.25) is 9.10 Å². The van der Waals surface area contributed by atoms with Crippen molar-refractivity contribution in [1.82, 2.24) is 9.62 Å². The second-order valence-electron chi connectivity index (χ2n) is 8.44. The Kier molecular flexibility index (Phi) is 7.53. The van der Waals surface area contributed by atoms with Crippen LogP contribution in [0.4, 0.5) is 5.69 Å². The Bertz CT molecular complexity index is 1260. The maximum atomic E-state index is 12.7. The highest BCUT2D eigenvalue weighted by molar-refractivity contribution is 7.92. The van der Waals surface area contributed by atoms with E-state index in [2.05, 4.69) is 5.32 Å². The van der Waals surface area contributed by atoms with Crippen LogP contribution in [0.15, 0.2) is 53.4 Å². The first-order valence-corrected chi connectivity index (χ1v) is 14.7. The molecule has 1 fully saturated rings. The van der Waals surface area contributed by atoms with Crippen molar-refractivity contribution < 1.29 is 31.1 Å². The summed E-state index contributed by atoms with van der Waals surface area (Å²) < 4.78 is 63.8. The van der Waals surface area contributed by atoms with Crippen LogP contribution >= 0.6 is 0 Å². The molecule has 0 bridgehead atoms. The molecular formula is C23H29N3O7S2. The van der Waals surface area contributed by atoms with E-state index in [-0.39, 0.29) is 24.6 Å². The van der Waals surface area contributed by atoms with Crippen molar-refractivity contribution in [2.45, 2.75) is 30.3 Å². The smallest absolute Gasteiger partial charge is 0.263 e. The van der Waals surface area contributed by atoms with Crippen molar-refractivity contribution in [2.75, 3.05) is 43.3 Å². The number of para-hydroxylation sites is 2. The van der Waals surface area contributed by atoms with E-state index in [4.69, 9.17) is 9.47 Å². The number of carbonyl (C=O) groups is 1. The Labute approximate surface area is 205 Å². The first kappa shape index (κ1) is 25.3. The van der Waals surface area contributed by atoms with E-state index < -0.39 is 32.1 Å². The maximum absolute atomic E-state index is 12.7. The maximum Gasteiger partial charge on any atom is 0.263 e. The van der Waals surface area contributed by atoms with E-state index >= 15 is 0 Å². The van der Waals surface area contributed by atoms with Gasteiger partial charge in [-0.1, -0.05) is 18.6 Å². The van der Waals surface area contributed by atoms with Crippen LogP contribution in [0.2, 0.25) is 0 Å². The summed E-state index contributed by atoms with van der Waals surface area (Å²) in [5.41, 5.74) is 0.396. The van der Waals surface area contributed by atoms with E-state index in [1.165, 1.54) is 16.4 Å². The molecule has 35 heavy (non-hydrogen) atoms. The third kappa shape index (κ3) is 5.88. The molecule has 0 saturated carbocycles. The van der Waals surface area contributed by atoms with Gasteiger partial charge in [0, 0.05) is 13.1 Å². The second kappa shape index (κ2) is 10.4.